The molecule has 3 aliphatic heterocycles. The summed E-state index contributed by atoms with van der Waals surface area (Å²) >= 11 is 0. The Hall–Kier alpha value is -3.19. The van der Waals surface area contributed by atoms with Crippen molar-refractivity contribution in [1.29, 1.82) is 0 Å². The lowest BCUT2D eigenvalue weighted by Crippen LogP contribution is -2.53. The molecule has 7 rings (SSSR count). The molecule has 3 fully saturated rings. The number of pyridine rings is 2. The summed E-state index contributed by atoms with van der Waals surface area (Å²) in [5.74, 6) is 1.23. The van der Waals surface area contributed by atoms with Gasteiger partial charge >= 0.3 is 0 Å². The second-order valence-corrected chi connectivity index (χ2v) is 8.12. The zero-order valence-electron chi connectivity index (χ0n) is 16.0. The van der Waals surface area contributed by atoms with Crippen molar-refractivity contribution in [2.75, 3.05) is 25.0 Å². The van der Waals surface area contributed by atoms with Crippen molar-refractivity contribution < 1.29 is 0 Å². The summed E-state index contributed by atoms with van der Waals surface area (Å²) in [5, 5.41) is 4.72. The Bertz CT molecular complexity index is 1230. The second-order valence-electron chi connectivity index (χ2n) is 8.12. The number of benzene rings is 1. The minimum Gasteiger partial charge on any atom is -0.379 e. The summed E-state index contributed by atoms with van der Waals surface area (Å²) in [6.07, 6.45) is 5.90. The summed E-state index contributed by atoms with van der Waals surface area (Å²) in [7, 11) is 0. The van der Waals surface area contributed by atoms with Crippen LogP contribution in [0.4, 0.5) is 5.69 Å². The zero-order chi connectivity index (χ0) is 19.4. The van der Waals surface area contributed by atoms with Gasteiger partial charge in [-0.2, -0.15) is 0 Å². The molecule has 7 heteroatoms. The van der Waals surface area contributed by atoms with E-state index in [2.05, 4.69) is 25.2 Å². The number of aromatic amines is 2. The Morgan fingerprint density at radius 1 is 1.07 bits per heavy atom. The van der Waals surface area contributed by atoms with E-state index in [1.54, 1.807) is 12.4 Å². The summed E-state index contributed by atoms with van der Waals surface area (Å²) in [6.45, 7) is 3.38. The van der Waals surface area contributed by atoms with E-state index < -0.39 is 0 Å². The van der Waals surface area contributed by atoms with E-state index >= 15 is 0 Å². The first-order valence-corrected chi connectivity index (χ1v) is 10.2. The van der Waals surface area contributed by atoms with E-state index in [4.69, 9.17) is 4.98 Å². The number of fused-ring (bicyclic) bond motifs is 5. The minimum atomic E-state index is -0.159. The van der Waals surface area contributed by atoms with Gasteiger partial charge in [0.2, 0.25) is 0 Å². The Morgan fingerprint density at radius 2 is 1.93 bits per heavy atom. The molecule has 0 saturated carbocycles. The third kappa shape index (κ3) is 2.73. The lowest BCUT2D eigenvalue weighted by Gasteiger charge is -2.45. The highest BCUT2D eigenvalue weighted by Crippen LogP contribution is 2.35. The minimum absolute atomic E-state index is 0.159. The summed E-state index contributed by atoms with van der Waals surface area (Å²) in [6, 6.07) is 10.1. The van der Waals surface area contributed by atoms with E-state index in [0.29, 0.717) is 23.3 Å². The first-order valence-electron chi connectivity index (χ1n) is 10.2. The van der Waals surface area contributed by atoms with Crippen LogP contribution in [0.3, 0.4) is 0 Å². The van der Waals surface area contributed by atoms with Crippen LogP contribution in [-0.4, -0.2) is 50.5 Å². The number of hydrogen-bond donors (Lipinski definition) is 3. The predicted octanol–water partition coefficient (Wildman–Crippen LogP) is 2.97. The fraction of sp³-hybridized carbons (Fsp3) is 0.318. The fourth-order valence-corrected chi connectivity index (χ4v) is 4.91. The van der Waals surface area contributed by atoms with Crippen LogP contribution in [0.25, 0.3) is 33.3 Å². The SMILES string of the molecule is O=c1[nH]c2cnccc2c(NC2CN3CCC2CC3)c1-c1nc2ccccc2[nH]1. The second kappa shape index (κ2) is 6.42. The quantitative estimate of drug-likeness (QED) is 0.504. The fourth-order valence-electron chi connectivity index (χ4n) is 4.91. The number of nitrogens with zero attached hydrogens (tertiary/aromatic N) is 3. The third-order valence-corrected chi connectivity index (χ3v) is 6.43. The average molecular weight is 386 g/mol. The van der Waals surface area contributed by atoms with Gasteiger partial charge in [0.25, 0.3) is 5.56 Å². The summed E-state index contributed by atoms with van der Waals surface area (Å²) in [5.41, 5.74) is 3.77. The van der Waals surface area contributed by atoms with Gasteiger partial charge in [-0.05, 0) is 50.0 Å². The molecule has 0 radical (unpaired) electrons. The standard InChI is InChI=1S/C22H22N6O/c29-22-19(21-25-15-3-1-2-4-16(15)26-21)20(14-5-8-23-11-17(14)27-22)24-18-12-28-9-6-13(18)7-10-28/h1-5,8,11,13,18H,6-7,9-10,12H2,(H,25,26)(H2,24,27,29). The van der Waals surface area contributed by atoms with Crippen LogP contribution in [0.15, 0.2) is 47.5 Å². The number of rotatable bonds is 3. The lowest BCUT2D eigenvalue weighted by molar-refractivity contribution is 0.0976. The summed E-state index contributed by atoms with van der Waals surface area (Å²) < 4.78 is 0. The van der Waals surface area contributed by atoms with E-state index in [-0.39, 0.29) is 5.56 Å². The molecule has 3 N–H and O–H groups in total. The van der Waals surface area contributed by atoms with Gasteiger partial charge in [0.15, 0.2) is 0 Å². The number of nitrogens with one attached hydrogen (secondary N) is 3. The third-order valence-electron chi connectivity index (χ3n) is 6.43. The average Bonchev–Trinajstić information content (AvgIpc) is 3.18. The normalized spacial score (nSPS) is 23.7. The smallest absolute Gasteiger partial charge is 0.261 e. The van der Waals surface area contributed by atoms with Crippen LogP contribution < -0.4 is 10.9 Å². The molecule has 6 heterocycles. The van der Waals surface area contributed by atoms with Crippen molar-refractivity contribution in [1.82, 2.24) is 24.8 Å². The molecule has 4 aromatic rings. The molecule has 2 bridgehead atoms. The van der Waals surface area contributed by atoms with Crippen molar-refractivity contribution >= 4 is 27.6 Å². The maximum absolute atomic E-state index is 13.1. The molecule has 3 aliphatic rings. The van der Waals surface area contributed by atoms with Gasteiger partial charge in [0.05, 0.1) is 28.4 Å². The van der Waals surface area contributed by atoms with Crippen molar-refractivity contribution in [2.24, 2.45) is 5.92 Å². The van der Waals surface area contributed by atoms with Gasteiger partial charge in [0.1, 0.15) is 11.4 Å². The lowest BCUT2D eigenvalue weighted by atomic mass is 9.83. The zero-order valence-corrected chi connectivity index (χ0v) is 16.0. The highest BCUT2D eigenvalue weighted by molar-refractivity contribution is 5.98. The van der Waals surface area contributed by atoms with Gasteiger partial charge in [-0.25, -0.2) is 4.98 Å². The molecule has 3 aromatic heterocycles. The largest absolute Gasteiger partial charge is 0.379 e. The van der Waals surface area contributed by atoms with Crippen LogP contribution in [0.2, 0.25) is 0 Å². The van der Waals surface area contributed by atoms with Crippen LogP contribution in [0.5, 0.6) is 0 Å². The van der Waals surface area contributed by atoms with E-state index in [1.165, 1.54) is 25.9 Å². The molecule has 0 aliphatic carbocycles. The Morgan fingerprint density at radius 3 is 2.72 bits per heavy atom. The van der Waals surface area contributed by atoms with Crippen molar-refractivity contribution in [3.05, 3.63) is 53.1 Å². The van der Waals surface area contributed by atoms with Gasteiger partial charge in [-0.3, -0.25) is 9.78 Å². The molecule has 29 heavy (non-hydrogen) atoms. The number of aromatic nitrogens is 4. The van der Waals surface area contributed by atoms with Crippen LogP contribution in [0, 0.1) is 5.92 Å². The van der Waals surface area contributed by atoms with Gasteiger partial charge in [0, 0.05) is 24.2 Å². The first-order chi connectivity index (χ1) is 14.3. The topological polar surface area (TPSA) is 89.7 Å². The Balaban J connectivity index is 1.55. The molecule has 0 amide bonds. The summed E-state index contributed by atoms with van der Waals surface area (Å²) in [4.78, 5) is 30.9. The highest BCUT2D eigenvalue weighted by Gasteiger charge is 2.35. The van der Waals surface area contributed by atoms with Crippen LogP contribution in [0.1, 0.15) is 12.8 Å². The Kier molecular flexibility index (Phi) is 3.70. The maximum atomic E-state index is 13.1. The monoisotopic (exact) mass is 386 g/mol. The number of H-pyrrole nitrogens is 2. The van der Waals surface area contributed by atoms with Gasteiger partial charge < -0.3 is 20.2 Å². The van der Waals surface area contributed by atoms with E-state index in [9.17, 15) is 4.79 Å². The predicted molar refractivity (Wildman–Crippen MR) is 114 cm³/mol. The molecule has 146 valence electrons. The molecule has 1 atom stereocenters. The first kappa shape index (κ1) is 16.7. The van der Waals surface area contributed by atoms with Gasteiger partial charge in [-0.1, -0.05) is 12.1 Å². The molecular formula is C22H22N6O. The van der Waals surface area contributed by atoms with Crippen molar-refractivity contribution in [3.63, 3.8) is 0 Å². The molecule has 0 spiro atoms. The van der Waals surface area contributed by atoms with Crippen LogP contribution in [-0.2, 0) is 0 Å². The van der Waals surface area contributed by atoms with Crippen LogP contribution >= 0.6 is 0 Å². The number of para-hydroxylation sites is 2. The number of hydrogen-bond acceptors (Lipinski definition) is 5. The molecule has 1 aromatic carbocycles. The van der Waals surface area contributed by atoms with Crippen molar-refractivity contribution in [3.8, 4) is 11.4 Å². The molecular weight excluding hydrogens is 364 g/mol. The number of imidazole rings is 1. The van der Waals surface area contributed by atoms with Crippen molar-refractivity contribution in [2.45, 2.75) is 18.9 Å². The Labute approximate surface area is 167 Å². The van der Waals surface area contributed by atoms with E-state index in [0.717, 1.165) is 34.2 Å². The molecule has 7 nitrogen and oxygen atoms in total. The number of anilines is 1. The molecule has 1 unspecified atom stereocenters. The number of piperidine rings is 3. The van der Waals surface area contributed by atoms with E-state index in [1.807, 2.05) is 30.3 Å². The molecule has 3 saturated heterocycles. The van der Waals surface area contributed by atoms with Gasteiger partial charge in [-0.15, -0.1) is 0 Å². The maximum Gasteiger partial charge on any atom is 0.261 e. The highest BCUT2D eigenvalue weighted by atomic mass is 16.1.